The lowest BCUT2D eigenvalue weighted by Gasteiger charge is -2.43. The van der Waals surface area contributed by atoms with Gasteiger partial charge in [0.05, 0.1) is 0 Å². The second kappa shape index (κ2) is 5.17. The van der Waals surface area contributed by atoms with E-state index < -0.39 is 11.6 Å². The summed E-state index contributed by atoms with van der Waals surface area (Å²) in [7, 11) is 0. The van der Waals surface area contributed by atoms with Gasteiger partial charge in [0.25, 0.3) is 0 Å². The van der Waals surface area contributed by atoms with Gasteiger partial charge in [0.2, 0.25) is 0 Å². The molecule has 0 N–H and O–H groups in total. The van der Waals surface area contributed by atoms with Crippen LogP contribution in [0.3, 0.4) is 0 Å². The van der Waals surface area contributed by atoms with Crippen molar-refractivity contribution in [3.05, 3.63) is 35.4 Å². The summed E-state index contributed by atoms with van der Waals surface area (Å²) in [5.41, 5.74) is 0.209. The summed E-state index contributed by atoms with van der Waals surface area (Å²) in [6.07, 6.45) is 2.45. The lowest BCUT2D eigenvalue weighted by Crippen LogP contribution is -2.55. The number of fused-ring (bicyclic) bond motifs is 1. The minimum absolute atomic E-state index is 0.209. The first-order chi connectivity index (χ1) is 9.16. The molecule has 0 amide bonds. The van der Waals surface area contributed by atoms with Crippen molar-refractivity contribution in [3.63, 3.8) is 0 Å². The van der Waals surface area contributed by atoms with Crippen LogP contribution in [0.15, 0.2) is 18.2 Å². The fourth-order valence-electron chi connectivity index (χ4n) is 3.49. The maximum atomic E-state index is 13.7. The molecule has 0 spiro atoms. The summed E-state index contributed by atoms with van der Waals surface area (Å²) in [5, 5.41) is 0. The number of nitrogens with zero attached hydrogens (tertiary/aromatic N) is 2. The number of hydrogen-bond acceptors (Lipinski definition) is 2. The lowest BCUT2D eigenvalue weighted by molar-refractivity contribution is 0.0456. The van der Waals surface area contributed by atoms with Crippen molar-refractivity contribution in [3.8, 4) is 0 Å². The number of benzene rings is 1. The number of piperazine rings is 1. The summed E-state index contributed by atoms with van der Waals surface area (Å²) in [6, 6.07) is 5.04. The number of hydrogen-bond donors (Lipinski definition) is 0. The molecule has 2 aliphatic heterocycles. The van der Waals surface area contributed by atoms with Gasteiger partial charge in [-0.1, -0.05) is 6.07 Å². The van der Waals surface area contributed by atoms with Crippen molar-refractivity contribution < 1.29 is 8.78 Å². The highest BCUT2D eigenvalue weighted by Gasteiger charge is 2.36. The Morgan fingerprint density at radius 3 is 2.63 bits per heavy atom. The first kappa shape index (κ1) is 13.0. The molecule has 0 radical (unpaired) electrons. The molecule has 4 heteroatoms. The molecule has 0 saturated carbocycles. The zero-order valence-corrected chi connectivity index (χ0v) is 11.3. The van der Waals surface area contributed by atoms with Crippen LogP contribution in [0.1, 0.15) is 25.3 Å². The van der Waals surface area contributed by atoms with Crippen LogP contribution in [0.4, 0.5) is 8.78 Å². The molecule has 2 saturated heterocycles. The van der Waals surface area contributed by atoms with Crippen molar-refractivity contribution in [2.45, 2.75) is 38.4 Å². The predicted molar refractivity (Wildman–Crippen MR) is 70.8 cm³/mol. The smallest absolute Gasteiger partial charge is 0.130 e. The van der Waals surface area contributed by atoms with Crippen LogP contribution in [-0.2, 0) is 6.54 Å². The fraction of sp³-hybridized carbons (Fsp3) is 0.600. The van der Waals surface area contributed by atoms with E-state index in [1.54, 1.807) is 0 Å². The quantitative estimate of drug-likeness (QED) is 0.812. The third kappa shape index (κ3) is 2.39. The van der Waals surface area contributed by atoms with Crippen molar-refractivity contribution in [1.82, 2.24) is 9.80 Å². The molecule has 0 unspecified atom stereocenters. The summed E-state index contributed by atoms with van der Waals surface area (Å²) in [4.78, 5) is 4.73. The number of halogens is 2. The van der Waals surface area contributed by atoms with E-state index in [1.165, 1.54) is 37.6 Å². The molecule has 0 bridgehead atoms. The van der Waals surface area contributed by atoms with E-state index in [4.69, 9.17) is 0 Å². The van der Waals surface area contributed by atoms with Gasteiger partial charge >= 0.3 is 0 Å². The number of rotatable bonds is 2. The summed E-state index contributed by atoms with van der Waals surface area (Å²) in [6.45, 7) is 5.65. The average Bonchev–Trinajstić information content (AvgIpc) is 2.85. The van der Waals surface area contributed by atoms with Crippen molar-refractivity contribution in [2.24, 2.45) is 0 Å². The third-order valence-electron chi connectivity index (χ3n) is 4.64. The standard InChI is InChI=1S/C15H20F2N2/c1-11-15-6-3-7-18(15)8-9-19(11)10-12-13(16)4-2-5-14(12)17/h2,4-5,11,15H,3,6-10H2,1H3/t11-,15-/m1/s1. The van der Waals surface area contributed by atoms with Crippen LogP contribution < -0.4 is 0 Å². The molecule has 1 aromatic rings. The maximum absolute atomic E-state index is 13.7. The van der Waals surface area contributed by atoms with E-state index in [0.29, 0.717) is 18.6 Å². The summed E-state index contributed by atoms with van der Waals surface area (Å²) in [5.74, 6) is -0.859. The topological polar surface area (TPSA) is 6.48 Å². The maximum Gasteiger partial charge on any atom is 0.130 e. The van der Waals surface area contributed by atoms with Crippen molar-refractivity contribution >= 4 is 0 Å². The Hall–Kier alpha value is -1.00. The van der Waals surface area contributed by atoms with Gasteiger partial charge in [-0.3, -0.25) is 9.80 Å². The molecule has 3 rings (SSSR count). The van der Waals surface area contributed by atoms with E-state index in [9.17, 15) is 8.78 Å². The summed E-state index contributed by atoms with van der Waals surface area (Å²) < 4.78 is 27.4. The molecule has 2 nitrogen and oxygen atoms in total. The first-order valence-corrected chi connectivity index (χ1v) is 7.08. The molecule has 2 atom stereocenters. The van der Waals surface area contributed by atoms with Crippen LogP contribution in [0.2, 0.25) is 0 Å². The highest BCUT2D eigenvalue weighted by molar-refractivity contribution is 5.20. The SMILES string of the molecule is C[C@@H]1[C@H]2CCCN2CCN1Cc1c(F)cccc1F. The predicted octanol–water partition coefficient (Wildman–Crippen LogP) is 2.63. The Labute approximate surface area is 113 Å². The van der Waals surface area contributed by atoms with Crippen molar-refractivity contribution in [1.29, 1.82) is 0 Å². The largest absolute Gasteiger partial charge is 0.298 e. The van der Waals surface area contributed by atoms with Gasteiger partial charge in [0, 0.05) is 37.3 Å². The molecule has 2 heterocycles. The molecular formula is C15H20F2N2. The minimum Gasteiger partial charge on any atom is -0.298 e. The van der Waals surface area contributed by atoms with E-state index >= 15 is 0 Å². The van der Waals surface area contributed by atoms with Gasteiger partial charge in [-0.25, -0.2) is 8.78 Å². The Morgan fingerprint density at radius 2 is 1.89 bits per heavy atom. The zero-order chi connectivity index (χ0) is 13.4. The van der Waals surface area contributed by atoms with Crippen LogP contribution in [-0.4, -0.2) is 41.5 Å². The molecule has 0 aliphatic carbocycles. The van der Waals surface area contributed by atoms with Gasteiger partial charge in [-0.2, -0.15) is 0 Å². The molecule has 104 valence electrons. The van der Waals surface area contributed by atoms with Crippen LogP contribution in [0.5, 0.6) is 0 Å². The van der Waals surface area contributed by atoms with Gasteiger partial charge < -0.3 is 0 Å². The van der Waals surface area contributed by atoms with E-state index in [2.05, 4.69) is 16.7 Å². The van der Waals surface area contributed by atoms with Gasteiger partial charge in [0.1, 0.15) is 11.6 Å². The fourth-order valence-corrected chi connectivity index (χ4v) is 3.49. The molecule has 0 aromatic heterocycles. The second-order valence-electron chi connectivity index (χ2n) is 5.66. The average molecular weight is 266 g/mol. The van der Waals surface area contributed by atoms with E-state index in [1.807, 2.05) is 0 Å². The Bertz CT molecular complexity index is 443. The Kier molecular flexibility index (Phi) is 3.54. The van der Waals surface area contributed by atoms with Gasteiger partial charge in [-0.05, 0) is 38.4 Å². The third-order valence-corrected chi connectivity index (χ3v) is 4.64. The first-order valence-electron chi connectivity index (χ1n) is 7.08. The van der Waals surface area contributed by atoms with Crippen LogP contribution in [0, 0.1) is 11.6 Å². The van der Waals surface area contributed by atoms with Crippen molar-refractivity contribution in [2.75, 3.05) is 19.6 Å². The van der Waals surface area contributed by atoms with Gasteiger partial charge in [0.15, 0.2) is 0 Å². The molecule has 1 aromatic carbocycles. The Morgan fingerprint density at radius 1 is 1.16 bits per heavy atom. The monoisotopic (exact) mass is 266 g/mol. The van der Waals surface area contributed by atoms with Crippen LogP contribution in [0.25, 0.3) is 0 Å². The molecular weight excluding hydrogens is 246 g/mol. The minimum atomic E-state index is -0.430. The highest BCUT2D eigenvalue weighted by atomic mass is 19.1. The molecule has 2 aliphatic rings. The lowest BCUT2D eigenvalue weighted by atomic mass is 10.0. The van der Waals surface area contributed by atoms with Gasteiger partial charge in [-0.15, -0.1) is 0 Å². The molecule has 2 fully saturated rings. The zero-order valence-electron chi connectivity index (χ0n) is 11.3. The van der Waals surface area contributed by atoms with E-state index in [-0.39, 0.29) is 5.56 Å². The van der Waals surface area contributed by atoms with Crippen LogP contribution >= 0.6 is 0 Å². The normalized spacial score (nSPS) is 28.6. The highest BCUT2D eigenvalue weighted by Crippen LogP contribution is 2.28. The molecule has 19 heavy (non-hydrogen) atoms. The summed E-state index contributed by atoms with van der Waals surface area (Å²) >= 11 is 0. The van der Waals surface area contributed by atoms with E-state index in [0.717, 1.165) is 13.1 Å². The second-order valence-corrected chi connectivity index (χ2v) is 5.66. The Balaban J connectivity index is 1.76.